The van der Waals surface area contributed by atoms with Gasteiger partial charge >= 0.3 is 0 Å². The van der Waals surface area contributed by atoms with E-state index in [4.69, 9.17) is 18.0 Å². The van der Waals surface area contributed by atoms with Gasteiger partial charge in [-0.25, -0.2) is 4.68 Å². The number of terminal acetylenes is 1. The summed E-state index contributed by atoms with van der Waals surface area (Å²) < 4.78 is 1.20. The van der Waals surface area contributed by atoms with Gasteiger partial charge in [0.15, 0.2) is 0 Å². The van der Waals surface area contributed by atoms with E-state index >= 15 is 0 Å². The van der Waals surface area contributed by atoms with Crippen molar-refractivity contribution in [1.82, 2.24) is 9.78 Å². The summed E-state index contributed by atoms with van der Waals surface area (Å²) in [4.78, 5) is 12.1. The van der Waals surface area contributed by atoms with E-state index in [0.717, 1.165) is 19.3 Å². The van der Waals surface area contributed by atoms with E-state index < -0.39 is 0 Å². The molecular weight excluding hydrogens is 278 g/mol. The Kier molecular flexibility index (Phi) is 5.05. The Hall–Kier alpha value is -1.51. The highest BCUT2D eigenvalue weighted by Gasteiger charge is 2.26. The van der Waals surface area contributed by atoms with Crippen molar-refractivity contribution < 1.29 is 5.11 Å². The fourth-order valence-corrected chi connectivity index (χ4v) is 2.87. The Morgan fingerprint density at radius 3 is 3.00 bits per heavy atom. The Bertz CT molecular complexity index is 565. The highest BCUT2D eigenvalue weighted by Crippen LogP contribution is 2.31. The number of rotatable bonds is 5. The lowest BCUT2D eigenvalue weighted by Gasteiger charge is -2.18. The average Bonchev–Trinajstić information content (AvgIpc) is 2.89. The smallest absolute Gasteiger partial charge is 0.292 e. The van der Waals surface area contributed by atoms with Gasteiger partial charge in [-0.1, -0.05) is 23.9 Å². The van der Waals surface area contributed by atoms with E-state index in [9.17, 15) is 9.90 Å². The molecule has 0 amide bonds. The van der Waals surface area contributed by atoms with Crippen molar-refractivity contribution in [2.75, 3.05) is 18.5 Å². The summed E-state index contributed by atoms with van der Waals surface area (Å²) >= 11 is 6.02. The lowest BCUT2D eigenvalue weighted by molar-refractivity contribution is 0.199. The van der Waals surface area contributed by atoms with Gasteiger partial charge in [0.1, 0.15) is 12.2 Å². The first-order valence-corrected chi connectivity index (χ1v) is 7.09. The summed E-state index contributed by atoms with van der Waals surface area (Å²) in [5, 5.41) is 16.6. The fourth-order valence-electron chi connectivity index (χ4n) is 2.68. The normalized spacial score (nSPS) is 21.6. The molecule has 108 valence electrons. The number of hydrogen-bond acceptors (Lipinski definition) is 4. The zero-order valence-electron chi connectivity index (χ0n) is 11.2. The minimum Gasteiger partial charge on any atom is -0.396 e. The van der Waals surface area contributed by atoms with Crippen LogP contribution in [0, 0.1) is 24.2 Å². The van der Waals surface area contributed by atoms with Crippen molar-refractivity contribution in [3.05, 3.63) is 21.6 Å². The van der Waals surface area contributed by atoms with Crippen LogP contribution in [0.2, 0.25) is 5.02 Å². The molecule has 1 fully saturated rings. The topological polar surface area (TPSA) is 67.2 Å². The summed E-state index contributed by atoms with van der Waals surface area (Å²) in [5.41, 5.74) is 0.0227. The van der Waals surface area contributed by atoms with Crippen molar-refractivity contribution in [3.63, 3.8) is 0 Å². The Balaban J connectivity index is 2.11. The van der Waals surface area contributed by atoms with Crippen LogP contribution >= 0.6 is 11.6 Å². The molecule has 0 spiro atoms. The van der Waals surface area contributed by atoms with Gasteiger partial charge in [-0.3, -0.25) is 4.79 Å². The third-order valence-corrected chi connectivity index (χ3v) is 4.12. The molecule has 6 heteroatoms. The first-order valence-electron chi connectivity index (χ1n) is 6.71. The van der Waals surface area contributed by atoms with E-state index in [0.29, 0.717) is 29.1 Å². The van der Waals surface area contributed by atoms with Crippen LogP contribution < -0.4 is 10.9 Å². The van der Waals surface area contributed by atoms with Gasteiger partial charge in [0.25, 0.3) is 5.56 Å². The number of aliphatic hydroxyl groups is 1. The average molecular weight is 296 g/mol. The van der Waals surface area contributed by atoms with Crippen molar-refractivity contribution in [2.24, 2.45) is 11.8 Å². The van der Waals surface area contributed by atoms with Crippen LogP contribution in [-0.2, 0) is 6.54 Å². The van der Waals surface area contributed by atoms with Gasteiger partial charge in [-0.2, -0.15) is 5.10 Å². The van der Waals surface area contributed by atoms with Crippen LogP contribution in [-0.4, -0.2) is 28.0 Å². The molecule has 5 nitrogen and oxygen atoms in total. The molecule has 1 aromatic heterocycles. The molecule has 0 saturated heterocycles. The third kappa shape index (κ3) is 3.14. The molecule has 20 heavy (non-hydrogen) atoms. The van der Waals surface area contributed by atoms with E-state index in [1.54, 1.807) is 0 Å². The molecule has 1 aromatic rings. The summed E-state index contributed by atoms with van der Waals surface area (Å²) in [6.45, 7) is 0.936. The molecule has 0 aliphatic heterocycles. The molecule has 2 N–H and O–H groups in total. The van der Waals surface area contributed by atoms with Crippen LogP contribution in [0.15, 0.2) is 11.0 Å². The van der Waals surface area contributed by atoms with Gasteiger partial charge in [-0.05, 0) is 24.7 Å². The monoisotopic (exact) mass is 295 g/mol. The Morgan fingerprint density at radius 1 is 1.55 bits per heavy atom. The lowest BCUT2D eigenvalue weighted by Crippen LogP contribution is -2.28. The minimum atomic E-state index is -0.311. The standard InChI is InChI=1S/C14H18ClN3O2/c1-2-6-18-14(20)13(12(15)8-17-18)16-7-10-4-3-5-11(10)9-19/h1,8,10-11,16,19H,3-7,9H2. The van der Waals surface area contributed by atoms with Gasteiger partial charge in [-0.15, -0.1) is 6.42 Å². The lowest BCUT2D eigenvalue weighted by atomic mass is 9.97. The molecule has 1 heterocycles. The predicted molar refractivity (Wildman–Crippen MR) is 78.7 cm³/mol. The molecule has 0 bridgehead atoms. The Labute approximate surface area is 123 Å². The summed E-state index contributed by atoms with van der Waals surface area (Å²) in [6, 6.07) is 0. The first-order chi connectivity index (χ1) is 9.67. The molecule has 2 unspecified atom stereocenters. The zero-order chi connectivity index (χ0) is 14.5. The van der Waals surface area contributed by atoms with Crippen LogP contribution in [0.1, 0.15) is 19.3 Å². The number of halogens is 1. The summed E-state index contributed by atoms with van der Waals surface area (Å²) in [6.07, 6.45) is 9.82. The number of nitrogens with zero attached hydrogens (tertiary/aromatic N) is 2. The maximum absolute atomic E-state index is 12.1. The van der Waals surface area contributed by atoms with Gasteiger partial charge in [0, 0.05) is 13.2 Å². The zero-order valence-corrected chi connectivity index (χ0v) is 11.9. The van der Waals surface area contributed by atoms with Crippen molar-refractivity contribution in [1.29, 1.82) is 0 Å². The van der Waals surface area contributed by atoms with E-state index in [1.807, 2.05) is 0 Å². The number of hydrogen-bond donors (Lipinski definition) is 2. The molecular formula is C14H18ClN3O2. The van der Waals surface area contributed by atoms with E-state index in [-0.39, 0.29) is 18.7 Å². The number of aliphatic hydroxyl groups excluding tert-OH is 1. The van der Waals surface area contributed by atoms with Crippen LogP contribution in [0.25, 0.3) is 0 Å². The molecule has 1 saturated carbocycles. The van der Waals surface area contributed by atoms with Crippen molar-refractivity contribution in [2.45, 2.75) is 25.8 Å². The van der Waals surface area contributed by atoms with Gasteiger partial charge < -0.3 is 10.4 Å². The van der Waals surface area contributed by atoms with Crippen LogP contribution in [0.5, 0.6) is 0 Å². The third-order valence-electron chi connectivity index (χ3n) is 3.83. The predicted octanol–water partition coefficient (Wildman–Crippen LogP) is 1.35. The van der Waals surface area contributed by atoms with Crippen molar-refractivity contribution >= 4 is 17.3 Å². The molecule has 1 aliphatic rings. The first kappa shape index (κ1) is 14.9. The highest BCUT2D eigenvalue weighted by molar-refractivity contribution is 6.32. The van der Waals surface area contributed by atoms with Gasteiger partial charge in [0.2, 0.25) is 0 Å². The second kappa shape index (κ2) is 6.78. The van der Waals surface area contributed by atoms with Crippen LogP contribution in [0.4, 0.5) is 5.69 Å². The quantitative estimate of drug-likeness (QED) is 0.805. The highest BCUT2D eigenvalue weighted by atomic mass is 35.5. The fraction of sp³-hybridized carbons (Fsp3) is 0.571. The second-order valence-corrected chi connectivity index (χ2v) is 5.46. The maximum Gasteiger partial charge on any atom is 0.292 e. The largest absolute Gasteiger partial charge is 0.396 e. The maximum atomic E-state index is 12.1. The van der Waals surface area contributed by atoms with E-state index in [1.165, 1.54) is 10.9 Å². The van der Waals surface area contributed by atoms with Crippen LogP contribution in [0.3, 0.4) is 0 Å². The summed E-state index contributed by atoms with van der Waals surface area (Å²) in [5.74, 6) is 3.05. The molecule has 0 radical (unpaired) electrons. The minimum absolute atomic E-state index is 0.118. The number of anilines is 1. The number of nitrogens with one attached hydrogen (secondary N) is 1. The molecule has 2 atom stereocenters. The SMILES string of the molecule is C#CCn1ncc(Cl)c(NCC2CCCC2CO)c1=O. The second-order valence-electron chi connectivity index (χ2n) is 5.05. The molecule has 1 aliphatic carbocycles. The van der Waals surface area contributed by atoms with E-state index in [2.05, 4.69) is 16.3 Å². The van der Waals surface area contributed by atoms with Gasteiger partial charge in [0.05, 0.1) is 11.2 Å². The molecule has 0 aromatic carbocycles. The Morgan fingerprint density at radius 2 is 2.30 bits per heavy atom. The summed E-state index contributed by atoms with van der Waals surface area (Å²) in [7, 11) is 0. The van der Waals surface area contributed by atoms with Crippen molar-refractivity contribution in [3.8, 4) is 12.3 Å². The number of aromatic nitrogens is 2. The molecule has 2 rings (SSSR count).